The Kier molecular flexibility index (Phi) is 5.91. The van der Waals surface area contributed by atoms with E-state index in [1.54, 1.807) is 43.5 Å². The van der Waals surface area contributed by atoms with Crippen molar-refractivity contribution in [1.29, 1.82) is 0 Å². The smallest absolute Gasteiger partial charge is 0.421 e. The normalized spacial score (nSPS) is 11.4. The number of methoxy groups -OCH3 is 1. The molecule has 0 atom stereocenters. The number of hydrogen-bond donors (Lipinski definition) is 2. The van der Waals surface area contributed by atoms with Crippen molar-refractivity contribution in [3.63, 3.8) is 0 Å². The van der Waals surface area contributed by atoms with Gasteiger partial charge in [-0.15, -0.1) is 0 Å². The third-order valence-electron chi connectivity index (χ3n) is 4.26. The SMILES string of the molecule is COc1ccc(Nc2ncc(C(F)(F)F)c(Nc3cccc(C(C)C)c3)n2)cc1. The number of aromatic nitrogens is 2. The average Bonchev–Trinajstić information content (AvgIpc) is 2.68. The van der Waals surface area contributed by atoms with Crippen LogP contribution in [0.3, 0.4) is 0 Å². The largest absolute Gasteiger partial charge is 0.497 e. The Balaban J connectivity index is 1.92. The van der Waals surface area contributed by atoms with Gasteiger partial charge in [-0.25, -0.2) is 4.98 Å². The molecule has 5 nitrogen and oxygen atoms in total. The summed E-state index contributed by atoms with van der Waals surface area (Å²) in [6.45, 7) is 4.03. The number of nitrogens with one attached hydrogen (secondary N) is 2. The van der Waals surface area contributed by atoms with E-state index in [-0.39, 0.29) is 17.7 Å². The first-order valence-corrected chi connectivity index (χ1v) is 8.98. The topological polar surface area (TPSA) is 59.1 Å². The maximum Gasteiger partial charge on any atom is 0.421 e. The van der Waals surface area contributed by atoms with E-state index in [1.807, 2.05) is 26.0 Å². The van der Waals surface area contributed by atoms with E-state index in [2.05, 4.69) is 20.6 Å². The lowest BCUT2D eigenvalue weighted by Gasteiger charge is -2.16. The van der Waals surface area contributed by atoms with Crippen LogP contribution in [0.15, 0.2) is 54.7 Å². The van der Waals surface area contributed by atoms with E-state index in [9.17, 15) is 13.2 Å². The van der Waals surface area contributed by atoms with Crippen LogP contribution in [0.5, 0.6) is 5.75 Å². The fourth-order valence-corrected chi connectivity index (χ4v) is 2.66. The molecule has 0 unspecified atom stereocenters. The second kappa shape index (κ2) is 8.38. The summed E-state index contributed by atoms with van der Waals surface area (Å²) < 4.78 is 45.4. The van der Waals surface area contributed by atoms with Crippen LogP contribution in [0, 0.1) is 0 Å². The number of nitrogens with zero attached hydrogens (tertiary/aromatic N) is 2. The van der Waals surface area contributed by atoms with Crippen LogP contribution in [0.2, 0.25) is 0 Å². The summed E-state index contributed by atoms with van der Waals surface area (Å²) in [6.07, 6.45) is -3.82. The highest BCUT2D eigenvalue weighted by Gasteiger charge is 2.35. The van der Waals surface area contributed by atoms with Gasteiger partial charge in [0.15, 0.2) is 0 Å². The summed E-state index contributed by atoms with van der Waals surface area (Å²) in [5.41, 5.74) is 1.22. The monoisotopic (exact) mass is 402 g/mol. The van der Waals surface area contributed by atoms with Crippen molar-refractivity contribution in [3.05, 3.63) is 65.9 Å². The molecule has 152 valence electrons. The molecule has 0 radical (unpaired) electrons. The summed E-state index contributed by atoms with van der Waals surface area (Å²) in [5.74, 6) is 0.642. The molecule has 0 saturated carbocycles. The molecule has 1 aromatic heterocycles. The van der Waals surface area contributed by atoms with Gasteiger partial charge < -0.3 is 15.4 Å². The molecule has 1 heterocycles. The Morgan fingerprint density at radius 3 is 2.31 bits per heavy atom. The van der Waals surface area contributed by atoms with Crippen LogP contribution in [-0.4, -0.2) is 17.1 Å². The minimum Gasteiger partial charge on any atom is -0.497 e. The number of alkyl halides is 3. The predicted molar refractivity (Wildman–Crippen MR) is 107 cm³/mol. The number of benzene rings is 2. The molecule has 0 fully saturated rings. The second-order valence-corrected chi connectivity index (χ2v) is 6.71. The highest BCUT2D eigenvalue weighted by molar-refractivity contribution is 5.63. The van der Waals surface area contributed by atoms with Gasteiger partial charge in [0.2, 0.25) is 5.95 Å². The van der Waals surface area contributed by atoms with Gasteiger partial charge in [-0.05, 0) is 47.9 Å². The Morgan fingerprint density at radius 2 is 1.69 bits per heavy atom. The Morgan fingerprint density at radius 1 is 0.966 bits per heavy atom. The van der Waals surface area contributed by atoms with Gasteiger partial charge in [0, 0.05) is 17.6 Å². The first-order chi connectivity index (χ1) is 13.8. The zero-order chi connectivity index (χ0) is 21.0. The summed E-state index contributed by atoms with van der Waals surface area (Å²) in [4.78, 5) is 7.88. The third-order valence-corrected chi connectivity index (χ3v) is 4.26. The van der Waals surface area contributed by atoms with Crippen LogP contribution in [0.25, 0.3) is 0 Å². The van der Waals surface area contributed by atoms with E-state index in [0.717, 1.165) is 11.8 Å². The van der Waals surface area contributed by atoms with Crippen molar-refractivity contribution >= 4 is 23.1 Å². The quantitative estimate of drug-likeness (QED) is 0.521. The number of hydrogen-bond acceptors (Lipinski definition) is 5. The van der Waals surface area contributed by atoms with Crippen molar-refractivity contribution in [2.24, 2.45) is 0 Å². The molecule has 0 aliphatic carbocycles. The Labute approximate surface area is 167 Å². The lowest BCUT2D eigenvalue weighted by atomic mass is 10.0. The van der Waals surface area contributed by atoms with Crippen molar-refractivity contribution in [3.8, 4) is 5.75 Å². The molecule has 8 heteroatoms. The second-order valence-electron chi connectivity index (χ2n) is 6.71. The first kappa shape index (κ1) is 20.4. The van der Waals surface area contributed by atoms with E-state index in [4.69, 9.17) is 4.74 Å². The van der Waals surface area contributed by atoms with Crippen molar-refractivity contribution in [1.82, 2.24) is 9.97 Å². The highest BCUT2D eigenvalue weighted by atomic mass is 19.4. The number of rotatable bonds is 6. The fourth-order valence-electron chi connectivity index (χ4n) is 2.66. The average molecular weight is 402 g/mol. The van der Waals surface area contributed by atoms with Gasteiger partial charge >= 0.3 is 6.18 Å². The van der Waals surface area contributed by atoms with Gasteiger partial charge in [0.25, 0.3) is 0 Å². The van der Waals surface area contributed by atoms with E-state index >= 15 is 0 Å². The van der Waals surface area contributed by atoms with Crippen LogP contribution in [0.1, 0.15) is 30.9 Å². The van der Waals surface area contributed by atoms with Crippen LogP contribution in [0.4, 0.5) is 36.3 Å². The van der Waals surface area contributed by atoms with Crippen LogP contribution < -0.4 is 15.4 Å². The predicted octanol–water partition coefficient (Wildman–Crippen LogP) is 6.11. The molecule has 0 aliphatic rings. The summed E-state index contributed by atoms with van der Waals surface area (Å²) in [7, 11) is 1.55. The molecule has 3 aromatic rings. The molecule has 0 saturated heterocycles. The Bertz CT molecular complexity index is 972. The van der Waals surface area contributed by atoms with Gasteiger partial charge in [0.05, 0.1) is 7.11 Å². The van der Waals surface area contributed by atoms with Gasteiger partial charge in [-0.2, -0.15) is 18.2 Å². The number of halogens is 3. The summed E-state index contributed by atoms with van der Waals surface area (Å²) in [5, 5.41) is 5.69. The van der Waals surface area contributed by atoms with E-state index in [1.165, 1.54) is 0 Å². The minimum absolute atomic E-state index is 0.0469. The maximum atomic E-state index is 13.4. The zero-order valence-electron chi connectivity index (χ0n) is 16.2. The highest BCUT2D eigenvalue weighted by Crippen LogP contribution is 2.35. The fraction of sp³-hybridized carbons (Fsp3) is 0.238. The standard InChI is InChI=1S/C21H21F3N4O/c1-13(2)14-5-4-6-16(11-14)26-19-18(21(22,23)24)12-25-20(28-19)27-15-7-9-17(29-3)10-8-15/h4-13H,1-3H3,(H2,25,26,27,28). The molecule has 2 aromatic carbocycles. The number of ether oxygens (including phenoxy) is 1. The van der Waals surface area contributed by atoms with Crippen molar-refractivity contribution < 1.29 is 17.9 Å². The third kappa shape index (κ3) is 5.16. The zero-order valence-corrected chi connectivity index (χ0v) is 16.2. The lowest BCUT2D eigenvalue weighted by molar-refractivity contribution is -0.137. The molecule has 0 bridgehead atoms. The van der Waals surface area contributed by atoms with E-state index < -0.39 is 11.7 Å². The van der Waals surface area contributed by atoms with Gasteiger partial charge in [-0.1, -0.05) is 26.0 Å². The first-order valence-electron chi connectivity index (χ1n) is 8.98. The van der Waals surface area contributed by atoms with Crippen LogP contribution in [-0.2, 0) is 6.18 Å². The molecule has 29 heavy (non-hydrogen) atoms. The molecule has 0 aliphatic heterocycles. The summed E-state index contributed by atoms with van der Waals surface area (Å²) >= 11 is 0. The maximum absolute atomic E-state index is 13.4. The lowest BCUT2D eigenvalue weighted by Crippen LogP contribution is -2.12. The molecule has 0 spiro atoms. The molecular formula is C21H21F3N4O. The Hall–Kier alpha value is -3.29. The van der Waals surface area contributed by atoms with E-state index in [0.29, 0.717) is 17.1 Å². The van der Waals surface area contributed by atoms with Crippen molar-refractivity contribution in [2.45, 2.75) is 25.9 Å². The van der Waals surface area contributed by atoms with Crippen molar-refractivity contribution in [2.75, 3.05) is 17.7 Å². The molecule has 3 rings (SSSR count). The number of anilines is 4. The summed E-state index contributed by atoms with van der Waals surface area (Å²) in [6, 6.07) is 14.1. The van der Waals surface area contributed by atoms with Gasteiger partial charge in [0.1, 0.15) is 17.1 Å². The molecule has 2 N–H and O–H groups in total. The molecule has 0 amide bonds. The molecular weight excluding hydrogens is 381 g/mol. The van der Waals surface area contributed by atoms with Crippen LogP contribution >= 0.6 is 0 Å². The minimum atomic E-state index is -4.59. The van der Waals surface area contributed by atoms with Gasteiger partial charge in [-0.3, -0.25) is 0 Å².